The molecule has 0 saturated carbocycles. The van der Waals surface area contributed by atoms with Crippen molar-refractivity contribution in [2.24, 2.45) is 5.73 Å². The first kappa shape index (κ1) is 13.2. The quantitative estimate of drug-likeness (QED) is 0.829. The summed E-state index contributed by atoms with van der Waals surface area (Å²) < 4.78 is 0. The third-order valence-electron chi connectivity index (χ3n) is 2.85. The first-order chi connectivity index (χ1) is 9.25. The molecular formula is C17H16NO. The third kappa shape index (κ3) is 4.19. The Hall–Kier alpha value is -2.19. The van der Waals surface area contributed by atoms with Gasteiger partial charge in [0.05, 0.1) is 6.04 Å². The molecule has 2 rings (SSSR count). The predicted octanol–water partition coefficient (Wildman–Crippen LogP) is 2.64. The normalized spacial score (nSPS) is 12.5. The van der Waals surface area contributed by atoms with Crippen LogP contribution in [0.25, 0.3) is 6.08 Å². The molecule has 1 radical (unpaired) electrons. The van der Waals surface area contributed by atoms with Crippen molar-refractivity contribution in [2.45, 2.75) is 12.5 Å². The summed E-state index contributed by atoms with van der Waals surface area (Å²) in [4.78, 5) is 11.9. The van der Waals surface area contributed by atoms with E-state index in [2.05, 4.69) is 6.07 Å². The van der Waals surface area contributed by atoms with Gasteiger partial charge in [0.15, 0.2) is 5.78 Å². The van der Waals surface area contributed by atoms with Gasteiger partial charge in [0.1, 0.15) is 0 Å². The Balaban J connectivity index is 1.95. The summed E-state index contributed by atoms with van der Waals surface area (Å²) in [5.74, 6) is -0.0586. The van der Waals surface area contributed by atoms with Crippen LogP contribution in [0.5, 0.6) is 0 Å². The van der Waals surface area contributed by atoms with Gasteiger partial charge >= 0.3 is 0 Å². The molecule has 2 aromatic rings. The number of carbonyl (C=O) groups is 1. The lowest BCUT2D eigenvalue weighted by Crippen LogP contribution is -2.31. The Kier molecular flexibility index (Phi) is 4.65. The van der Waals surface area contributed by atoms with E-state index in [9.17, 15) is 4.79 Å². The molecular weight excluding hydrogens is 234 g/mol. The summed E-state index contributed by atoms with van der Waals surface area (Å²) in [6, 6.07) is 19.7. The molecule has 95 valence electrons. The standard InChI is InChI=1S/C17H16NO/c18-16(13-15-9-5-2-6-10-15)17(19)12-11-14-7-3-1-4-8-14/h2-12,16H,13,18H2/t16-/m0/s1. The third-order valence-corrected chi connectivity index (χ3v) is 2.85. The summed E-state index contributed by atoms with van der Waals surface area (Å²) >= 11 is 0. The molecule has 0 aromatic heterocycles. The molecule has 2 heteroatoms. The van der Waals surface area contributed by atoms with Crippen molar-refractivity contribution < 1.29 is 4.79 Å². The molecule has 0 amide bonds. The molecule has 0 aliphatic rings. The Bertz CT molecular complexity index is 546. The molecule has 0 fully saturated rings. The van der Waals surface area contributed by atoms with Gasteiger partial charge in [-0.15, -0.1) is 0 Å². The summed E-state index contributed by atoms with van der Waals surface area (Å²) in [5.41, 5.74) is 7.95. The zero-order valence-electron chi connectivity index (χ0n) is 10.6. The molecule has 0 saturated heterocycles. The van der Waals surface area contributed by atoms with Gasteiger partial charge < -0.3 is 5.73 Å². The monoisotopic (exact) mass is 250 g/mol. The second-order valence-electron chi connectivity index (χ2n) is 4.37. The lowest BCUT2D eigenvalue weighted by atomic mass is 10.0. The molecule has 1 atom stereocenters. The molecule has 0 spiro atoms. The van der Waals surface area contributed by atoms with Gasteiger partial charge in [-0.25, -0.2) is 0 Å². The minimum absolute atomic E-state index is 0.0586. The van der Waals surface area contributed by atoms with Gasteiger partial charge in [-0.1, -0.05) is 60.7 Å². The lowest BCUT2D eigenvalue weighted by Gasteiger charge is -2.07. The maximum atomic E-state index is 11.9. The van der Waals surface area contributed by atoms with Crippen LogP contribution in [0.4, 0.5) is 0 Å². The number of nitrogens with two attached hydrogens (primary N) is 1. The molecule has 0 unspecified atom stereocenters. The van der Waals surface area contributed by atoms with Crippen molar-refractivity contribution >= 4 is 11.9 Å². The van der Waals surface area contributed by atoms with Gasteiger partial charge in [-0.2, -0.15) is 0 Å². The number of hydrogen-bond acceptors (Lipinski definition) is 2. The van der Waals surface area contributed by atoms with Crippen molar-refractivity contribution in [3.8, 4) is 0 Å². The van der Waals surface area contributed by atoms with Crippen LogP contribution in [-0.2, 0) is 11.2 Å². The minimum atomic E-state index is -0.492. The van der Waals surface area contributed by atoms with Gasteiger partial charge in [0.2, 0.25) is 0 Å². The summed E-state index contributed by atoms with van der Waals surface area (Å²) in [6.45, 7) is 0. The molecule has 19 heavy (non-hydrogen) atoms. The van der Waals surface area contributed by atoms with E-state index in [1.54, 1.807) is 12.2 Å². The van der Waals surface area contributed by atoms with Crippen LogP contribution >= 0.6 is 0 Å². The zero-order valence-corrected chi connectivity index (χ0v) is 10.6. The highest BCUT2D eigenvalue weighted by atomic mass is 16.1. The largest absolute Gasteiger partial charge is 0.321 e. The smallest absolute Gasteiger partial charge is 0.172 e. The number of ketones is 1. The van der Waals surface area contributed by atoms with Crippen molar-refractivity contribution in [2.75, 3.05) is 0 Å². The average Bonchev–Trinajstić information content (AvgIpc) is 2.47. The molecule has 2 nitrogen and oxygen atoms in total. The Labute approximate surface area is 113 Å². The van der Waals surface area contributed by atoms with Crippen LogP contribution in [0, 0.1) is 6.07 Å². The van der Waals surface area contributed by atoms with Crippen molar-refractivity contribution in [1.82, 2.24) is 0 Å². The second-order valence-corrected chi connectivity index (χ2v) is 4.37. The highest BCUT2D eigenvalue weighted by molar-refractivity contribution is 5.97. The average molecular weight is 250 g/mol. The highest BCUT2D eigenvalue weighted by Crippen LogP contribution is 2.05. The van der Waals surface area contributed by atoms with E-state index < -0.39 is 6.04 Å². The van der Waals surface area contributed by atoms with E-state index in [0.29, 0.717) is 6.42 Å². The number of hydrogen-bond donors (Lipinski definition) is 1. The number of carbonyl (C=O) groups excluding carboxylic acids is 1. The summed E-state index contributed by atoms with van der Waals surface area (Å²) in [7, 11) is 0. The number of benzene rings is 2. The van der Waals surface area contributed by atoms with Crippen molar-refractivity contribution in [3.63, 3.8) is 0 Å². The maximum Gasteiger partial charge on any atom is 0.172 e. The fourth-order valence-electron chi connectivity index (χ4n) is 1.78. The molecule has 0 aliphatic heterocycles. The molecule has 0 aliphatic carbocycles. The van der Waals surface area contributed by atoms with Crippen LogP contribution < -0.4 is 5.73 Å². The topological polar surface area (TPSA) is 43.1 Å². The predicted molar refractivity (Wildman–Crippen MR) is 77.4 cm³/mol. The Morgan fingerprint density at radius 3 is 2.53 bits per heavy atom. The summed E-state index contributed by atoms with van der Waals surface area (Å²) in [5, 5.41) is 0. The molecule has 2 N–H and O–H groups in total. The fourth-order valence-corrected chi connectivity index (χ4v) is 1.78. The van der Waals surface area contributed by atoms with Crippen molar-refractivity contribution in [3.05, 3.63) is 77.9 Å². The van der Waals surface area contributed by atoms with Gasteiger partial charge in [-0.3, -0.25) is 4.79 Å². The van der Waals surface area contributed by atoms with Crippen LogP contribution in [0.15, 0.2) is 60.7 Å². The van der Waals surface area contributed by atoms with E-state index in [-0.39, 0.29) is 5.78 Å². The first-order valence-electron chi connectivity index (χ1n) is 6.23. The zero-order chi connectivity index (χ0) is 13.5. The second kappa shape index (κ2) is 6.66. The van der Waals surface area contributed by atoms with Crippen molar-refractivity contribution in [1.29, 1.82) is 0 Å². The van der Waals surface area contributed by atoms with Crippen LogP contribution in [-0.4, -0.2) is 11.8 Å². The maximum absolute atomic E-state index is 11.9. The molecule has 2 aromatic carbocycles. The van der Waals surface area contributed by atoms with Crippen LogP contribution in [0.2, 0.25) is 0 Å². The van der Waals surface area contributed by atoms with Gasteiger partial charge in [-0.05, 0) is 29.7 Å². The molecule has 0 bridgehead atoms. The van der Waals surface area contributed by atoms with E-state index in [1.807, 2.05) is 54.6 Å². The Morgan fingerprint density at radius 2 is 1.84 bits per heavy atom. The number of rotatable bonds is 5. The summed E-state index contributed by atoms with van der Waals surface area (Å²) in [6.07, 6.45) is 3.89. The van der Waals surface area contributed by atoms with E-state index >= 15 is 0 Å². The van der Waals surface area contributed by atoms with E-state index in [4.69, 9.17) is 5.73 Å². The minimum Gasteiger partial charge on any atom is -0.321 e. The Morgan fingerprint density at radius 1 is 1.16 bits per heavy atom. The van der Waals surface area contributed by atoms with Gasteiger partial charge in [0, 0.05) is 0 Å². The first-order valence-corrected chi connectivity index (χ1v) is 6.23. The SMILES string of the molecule is N[C@@H](Cc1ccccc1)C(=O)C=Cc1cc[c]cc1. The van der Waals surface area contributed by atoms with Crippen LogP contribution in [0.3, 0.4) is 0 Å². The highest BCUT2D eigenvalue weighted by Gasteiger charge is 2.10. The van der Waals surface area contributed by atoms with E-state index in [1.165, 1.54) is 0 Å². The van der Waals surface area contributed by atoms with E-state index in [0.717, 1.165) is 11.1 Å². The van der Waals surface area contributed by atoms with Gasteiger partial charge in [0.25, 0.3) is 0 Å². The lowest BCUT2D eigenvalue weighted by molar-refractivity contribution is -0.115. The fraction of sp³-hybridized carbons (Fsp3) is 0.118. The van der Waals surface area contributed by atoms with Crippen LogP contribution in [0.1, 0.15) is 11.1 Å². The molecule has 0 heterocycles.